The number of amides is 1. The largest absolute Gasteiger partial charge is 0.496 e. The van der Waals surface area contributed by atoms with Crippen LogP contribution in [0.15, 0.2) is 18.2 Å². The van der Waals surface area contributed by atoms with E-state index >= 15 is 0 Å². The number of benzene rings is 1. The lowest BCUT2D eigenvalue weighted by Crippen LogP contribution is -2.64. The van der Waals surface area contributed by atoms with E-state index in [1.165, 1.54) is 0 Å². The van der Waals surface area contributed by atoms with E-state index in [9.17, 15) is 4.79 Å². The van der Waals surface area contributed by atoms with Crippen molar-refractivity contribution in [2.75, 3.05) is 46.4 Å². The van der Waals surface area contributed by atoms with Crippen molar-refractivity contribution >= 4 is 5.91 Å². The average Bonchev–Trinajstić information content (AvgIpc) is 2.54. The lowest BCUT2D eigenvalue weighted by atomic mass is 10.0. The van der Waals surface area contributed by atoms with Gasteiger partial charge in [-0.2, -0.15) is 0 Å². The highest BCUT2D eigenvalue weighted by Gasteiger charge is 2.36. The minimum atomic E-state index is 0.116. The molecule has 24 heavy (non-hydrogen) atoms. The van der Waals surface area contributed by atoms with Gasteiger partial charge in [-0.25, -0.2) is 0 Å². The molecule has 0 saturated carbocycles. The number of aryl methyl sites for hydroxylation is 1. The Bertz CT molecular complexity index is 588. The molecule has 5 nitrogen and oxygen atoms in total. The topological polar surface area (TPSA) is 36.0 Å². The fraction of sp³-hybridized carbons (Fsp3) is 0.632. The molecular formula is C19H29N3O2. The Labute approximate surface area is 145 Å². The molecule has 0 atom stereocenters. The maximum atomic E-state index is 12.6. The Kier molecular flexibility index (Phi) is 5.11. The van der Waals surface area contributed by atoms with E-state index in [2.05, 4.69) is 23.6 Å². The maximum Gasteiger partial charge on any atom is 0.254 e. The van der Waals surface area contributed by atoms with Crippen LogP contribution in [0, 0.1) is 6.92 Å². The van der Waals surface area contributed by atoms with E-state index in [0.717, 1.165) is 56.1 Å². The first-order valence-corrected chi connectivity index (χ1v) is 8.91. The highest BCUT2D eigenvalue weighted by Crippen LogP contribution is 2.23. The van der Waals surface area contributed by atoms with Gasteiger partial charge in [0, 0.05) is 56.9 Å². The first kappa shape index (κ1) is 17.2. The molecule has 0 bridgehead atoms. The average molecular weight is 331 g/mol. The number of likely N-dealkylation sites (tertiary alicyclic amines) is 1. The Morgan fingerprint density at radius 2 is 1.83 bits per heavy atom. The third-order valence-corrected chi connectivity index (χ3v) is 5.40. The molecule has 0 N–H and O–H groups in total. The fourth-order valence-electron chi connectivity index (χ4n) is 3.61. The molecule has 0 radical (unpaired) electrons. The van der Waals surface area contributed by atoms with Crippen LogP contribution in [0.25, 0.3) is 0 Å². The number of ether oxygens (including phenoxy) is 1. The molecule has 0 spiro atoms. The summed E-state index contributed by atoms with van der Waals surface area (Å²) in [5.41, 5.74) is 1.78. The molecule has 2 aliphatic heterocycles. The summed E-state index contributed by atoms with van der Waals surface area (Å²) in [7, 11) is 1.65. The van der Waals surface area contributed by atoms with Crippen molar-refractivity contribution in [2.24, 2.45) is 0 Å². The van der Waals surface area contributed by atoms with Crippen molar-refractivity contribution in [3.63, 3.8) is 0 Å². The van der Waals surface area contributed by atoms with Crippen LogP contribution in [-0.4, -0.2) is 79.1 Å². The Hall–Kier alpha value is -1.59. The highest BCUT2D eigenvalue weighted by atomic mass is 16.5. The monoisotopic (exact) mass is 331 g/mol. The number of hydrogen-bond acceptors (Lipinski definition) is 4. The van der Waals surface area contributed by atoms with Gasteiger partial charge in [-0.05, 0) is 38.5 Å². The van der Waals surface area contributed by atoms with Crippen molar-refractivity contribution in [3.05, 3.63) is 29.3 Å². The van der Waals surface area contributed by atoms with Gasteiger partial charge in [0.2, 0.25) is 0 Å². The highest BCUT2D eigenvalue weighted by molar-refractivity contribution is 5.95. The lowest BCUT2D eigenvalue weighted by Gasteiger charge is -2.48. The van der Waals surface area contributed by atoms with Gasteiger partial charge in [-0.15, -0.1) is 0 Å². The summed E-state index contributed by atoms with van der Waals surface area (Å²) in [6, 6.07) is 6.86. The fourth-order valence-corrected chi connectivity index (χ4v) is 3.61. The number of methoxy groups -OCH3 is 1. The second kappa shape index (κ2) is 7.11. The van der Waals surface area contributed by atoms with Gasteiger partial charge in [0.25, 0.3) is 5.91 Å². The molecule has 0 aromatic heterocycles. The van der Waals surface area contributed by atoms with Gasteiger partial charge in [-0.1, -0.05) is 6.07 Å². The number of hydrogen-bond donors (Lipinski definition) is 0. The van der Waals surface area contributed by atoms with Crippen LogP contribution < -0.4 is 4.74 Å². The molecule has 2 heterocycles. The molecule has 1 aromatic rings. The summed E-state index contributed by atoms with van der Waals surface area (Å²) in [5, 5.41) is 0. The minimum absolute atomic E-state index is 0.116. The standard InChI is InChI=1S/C19H29N3O2/c1-14(2)20-7-9-21(10-8-20)17-12-22(13-17)19(23)16-6-5-15(3)18(11-16)24-4/h5-6,11,14,17H,7-10,12-13H2,1-4H3. The van der Waals surface area contributed by atoms with Gasteiger partial charge in [-0.3, -0.25) is 14.6 Å². The third-order valence-electron chi connectivity index (χ3n) is 5.40. The second-order valence-corrected chi connectivity index (χ2v) is 7.21. The summed E-state index contributed by atoms with van der Waals surface area (Å²) >= 11 is 0. The maximum absolute atomic E-state index is 12.6. The summed E-state index contributed by atoms with van der Waals surface area (Å²) in [5.74, 6) is 0.896. The normalized spacial score (nSPS) is 20.3. The molecule has 1 amide bonds. The van der Waals surface area contributed by atoms with E-state index < -0.39 is 0 Å². The van der Waals surface area contributed by atoms with Crippen LogP contribution in [-0.2, 0) is 0 Å². The van der Waals surface area contributed by atoms with Crippen LogP contribution in [0.4, 0.5) is 0 Å². The molecule has 2 saturated heterocycles. The molecule has 3 rings (SSSR count). The Balaban J connectivity index is 1.52. The summed E-state index contributed by atoms with van der Waals surface area (Å²) in [6.45, 7) is 12.7. The summed E-state index contributed by atoms with van der Waals surface area (Å²) in [4.78, 5) is 19.6. The van der Waals surface area contributed by atoms with Crippen molar-refractivity contribution in [1.29, 1.82) is 0 Å². The van der Waals surface area contributed by atoms with Gasteiger partial charge in [0.15, 0.2) is 0 Å². The lowest BCUT2D eigenvalue weighted by molar-refractivity contribution is 0.00316. The van der Waals surface area contributed by atoms with Crippen molar-refractivity contribution in [3.8, 4) is 5.75 Å². The molecule has 2 aliphatic rings. The molecule has 0 unspecified atom stereocenters. The molecular weight excluding hydrogens is 302 g/mol. The Morgan fingerprint density at radius 3 is 2.42 bits per heavy atom. The zero-order valence-corrected chi connectivity index (χ0v) is 15.3. The van der Waals surface area contributed by atoms with Crippen molar-refractivity contribution in [1.82, 2.24) is 14.7 Å². The van der Waals surface area contributed by atoms with Gasteiger partial charge in [0.1, 0.15) is 5.75 Å². The van der Waals surface area contributed by atoms with Crippen LogP contribution in [0.1, 0.15) is 29.8 Å². The van der Waals surface area contributed by atoms with E-state index in [0.29, 0.717) is 12.1 Å². The van der Waals surface area contributed by atoms with Gasteiger partial charge < -0.3 is 9.64 Å². The van der Waals surface area contributed by atoms with Gasteiger partial charge in [0.05, 0.1) is 7.11 Å². The van der Waals surface area contributed by atoms with Crippen LogP contribution in [0.3, 0.4) is 0 Å². The Morgan fingerprint density at radius 1 is 1.17 bits per heavy atom. The molecule has 1 aromatic carbocycles. The number of carbonyl (C=O) groups is 1. The zero-order valence-electron chi connectivity index (χ0n) is 15.3. The van der Waals surface area contributed by atoms with Crippen molar-refractivity contribution < 1.29 is 9.53 Å². The molecule has 2 fully saturated rings. The van der Waals surface area contributed by atoms with Crippen LogP contribution in [0.2, 0.25) is 0 Å². The second-order valence-electron chi connectivity index (χ2n) is 7.21. The first-order chi connectivity index (χ1) is 11.5. The van der Waals surface area contributed by atoms with Gasteiger partial charge >= 0.3 is 0 Å². The van der Waals surface area contributed by atoms with Crippen molar-refractivity contribution in [2.45, 2.75) is 32.9 Å². The molecule has 132 valence electrons. The van der Waals surface area contributed by atoms with E-state index in [1.807, 2.05) is 30.0 Å². The zero-order chi connectivity index (χ0) is 17.3. The predicted molar refractivity (Wildman–Crippen MR) is 95.7 cm³/mol. The summed E-state index contributed by atoms with van der Waals surface area (Å²) < 4.78 is 5.33. The van der Waals surface area contributed by atoms with Crippen LogP contribution >= 0.6 is 0 Å². The third kappa shape index (κ3) is 3.42. The smallest absolute Gasteiger partial charge is 0.254 e. The molecule has 0 aliphatic carbocycles. The predicted octanol–water partition coefficient (Wildman–Crippen LogP) is 1.85. The van der Waals surface area contributed by atoms with Crippen LogP contribution in [0.5, 0.6) is 5.75 Å². The SMILES string of the molecule is COc1cc(C(=O)N2CC(N3CCN(C(C)C)CC3)C2)ccc1C. The number of nitrogens with zero attached hydrogens (tertiary/aromatic N) is 3. The molecule has 5 heteroatoms. The number of rotatable bonds is 4. The van der Waals surface area contributed by atoms with E-state index in [4.69, 9.17) is 4.74 Å². The number of piperazine rings is 1. The van der Waals surface area contributed by atoms with E-state index in [-0.39, 0.29) is 5.91 Å². The van der Waals surface area contributed by atoms with E-state index in [1.54, 1.807) is 7.11 Å². The minimum Gasteiger partial charge on any atom is -0.496 e. The summed E-state index contributed by atoms with van der Waals surface area (Å²) in [6.07, 6.45) is 0. The quantitative estimate of drug-likeness (QED) is 0.844. The number of carbonyl (C=O) groups excluding carboxylic acids is 1. The first-order valence-electron chi connectivity index (χ1n) is 8.91.